The van der Waals surface area contributed by atoms with Gasteiger partial charge in [0, 0.05) is 11.3 Å². The highest BCUT2D eigenvalue weighted by molar-refractivity contribution is 8.00. The SMILES string of the molecule is CCNC(c1ccc(C(F)(F)F)c(F)c1)C1CCCS1. The maximum Gasteiger partial charge on any atom is 0.419 e. The van der Waals surface area contributed by atoms with Gasteiger partial charge in [0.15, 0.2) is 0 Å². The molecule has 0 saturated carbocycles. The third-order valence-corrected chi connectivity index (χ3v) is 4.88. The lowest BCUT2D eigenvalue weighted by Crippen LogP contribution is -2.29. The summed E-state index contributed by atoms with van der Waals surface area (Å²) in [4.78, 5) is 0. The van der Waals surface area contributed by atoms with E-state index in [0.717, 1.165) is 30.7 Å². The van der Waals surface area contributed by atoms with Crippen LogP contribution in [-0.4, -0.2) is 17.5 Å². The predicted octanol–water partition coefficient (Wildman–Crippen LogP) is 4.39. The Morgan fingerprint density at radius 3 is 2.65 bits per heavy atom. The zero-order chi connectivity index (χ0) is 14.8. The zero-order valence-electron chi connectivity index (χ0n) is 11.1. The van der Waals surface area contributed by atoms with E-state index in [-0.39, 0.29) is 6.04 Å². The van der Waals surface area contributed by atoms with Crippen molar-refractivity contribution in [2.24, 2.45) is 0 Å². The summed E-state index contributed by atoms with van der Waals surface area (Å²) in [6, 6.07) is 3.16. The second-order valence-corrected chi connectivity index (χ2v) is 6.17. The van der Waals surface area contributed by atoms with E-state index >= 15 is 0 Å². The van der Waals surface area contributed by atoms with Crippen molar-refractivity contribution in [3.05, 3.63) is 35.1 Å². The van der Waals surface area contributed by atoms with Gasteiger partial charge >= 0.3 is 6.18 Å². The molecule has 1 N–H and O–H groups in total. The fourth-order valence-electron chi connectivity index (χ4n) is 2.50. The molecule has 1 aliphatic heterocycles. The van der Waals surface area contributed by atoms with Crippen molar-refractivity contribution in [1.29, 1.82) is 0 Å². The third kappa shape index (κ3) is 3.47. The molecule has 0 bridgehead atoms. The molecule has 2 atom stereocenters. The molecular weight excluding hydrogens is 290 g/mol. The van der Waals surface area contributed by atoms with Gasteiger partial charge in [0.2, 0.25) is 0 Å². The van der Waals surface area contributed by atoms with Crippen molar-refractivity contribution in [1.82, 2.24) is 5.32 Å². The first kappa shape index (κ1) is 15.6. The molecule has 20 heavy (non-hydrogen) atoms. The molecule has 1 aromatic rings. The molecule has 2 rings (SSSR count). The Morgan fingerprint density at radius 1 is 1.40 bits per heavy atom. The Morgan fingerprint density at radius 2 is 2.15 bits per heavy atom. The highest BCUT2D eigenvalue weighted by Crippen LogP contribution is 2.38. The second kappa shape index (κ2) is 6.35. The van der Waals surface area contributed by atoms with Crippen molar-refractivity contribution >= 4 is 11.8 Å². The molecule has 0 amide bonds. The summed E-state index contributed by atoms with van der Waals surface area (Å²) in [6.07, 6.45) is -2.54. The van der Waals surface area contributed by atoms with Gasteiger partial charge in [-0.15, -0.1) is 0 Å². The molecule has 2 unspecified atom stereocenters. The molecule has 0 aromatic heterocycles. The van der Waals surface area contributed by atoms with E-state index < -0.39 is 17.6 Å². The lowest BCUT2D eigenvalue weighted by atomic mass is 9.99. The molecule has 1 heterocycles. The summed E-state index contributed by atoms with van der Waals surface area (Å²) in [5.74, 6) is -0.142. The minimum atomic E-state index is -4.64. The van der Waals surface area contributed by atoms with Crippen molar-refractivity contribution < 1.29 is 17.6 Å². The number of hydrogen-bond acceptors (Lipinski definition) is 2. The van der Waals surface area contributed by atoms with Crippen LogP contribution in [0.4, 0.5) is 17.6 Å². The van der Waals surface area contributed by atoms with Crippen LogP contribution in [0.5, 0.6) is 0 Å². The molecule has 6 heteroatoms. The molecule has 1 aliphatic rings. The maximum absolute atomic E-state index is 13.7. The molecule has 0 radical (unpaired) electrons. The fraction of sp³-hybridized carbons (Fsp3) is 0.571. The quantitative estimate of drug-likeness (QED) is 0.828. The Labute approximate surface area is 120 Å². The Bertz CT molecular complexity index is 455. The third-order valence-electron chi connectivity index (χ3n) is 3.42. The van der Waals surface area contributed by atoms with Crippen molar-refractivity contribution in [2.45, 2.75) is 37.2 Å². The van der Waals surface area contributed by atoms with Crippen LogP contribution in [0.3, 0.4) is 0 Å². The van der Waals surface area contributed by atoms with Gasteiger partial charge in [0.1, 0.15) is 5.82 Å². The average Bonchev–Trinajstić information content (AvgIpc) is 2.87. The number of alkyl halides is 3. The lowest BCUT2D eigenvalue weighted by molar-refractivity contribution is -0.140. The Balaban J connectivity index is 2.27. The standard InChI is InChI=1S/C14H17F4NS/c1-2-19-13(12-4-3-7-20-12)9-5-6-10(11(15)8-9)14(16,17)18/h5-6,8,12-13,19H,2-4,7H2,1H3. The summed E-state index contributed by atoms with van der Waals surface area (Å²) in [6.45, 7) is 2.64. The second-order valence-electron chi connectivity index (χ2n) is 4.82. The molecule has 112 valence electrons. The van der Waals surface area contributed by atoms with Gasteiger partial charge in [-0.05, 0) is 42.8 Å². The van der Waals surface area contributed by atoms with E-state index in [2.05, 4.69) is 5.32 Å². The number of halogens is 4. The van der Waals surface area contributed by atoms with Gasteiger partial charge in [0.05, 0.1) is 5.56 Å². The first-order valence-corrected chi connectivity index (χ1v) is 7.70. The monoisotopic (exact) mass is 307 g/mol. The summed E-state index contributed by atoms with van der Waals surface area (Å²) < 4.78 is 51.4. The first-order chi connectivity index (χ1) is 9.43. The number of rotatable bonds is 4. The Kier molecular flexibility index (Phi) is 4.96. The van der Waals surface area contributed by atoms with E-state index in [4.69, 9.17) is 0 Å². The van der Waals surface area contributed by atoms with Gasteiger partial charge in [-0.3, -0.25) is 0 Å². The van der Waals surface area contributed by atoms with Crippen LogP contribution in [0.1, 0.15) is 36.9 Å². The highest BCUT2D eigenvalue weighted by Gasteiger charge is 2.35. The number of nitrogens with one attached hydrogen (secondary N) is 1. The van der Waals surface area contributed by atoms with Gasteiger partial charge in [-0.2, -0.15) is 24.9 Å². The van der Waals surface area contributed by atoms with E-state index in [1.54, 1.807) is 11.8 Å². The smallest absolute Gasteiger partial charge is 0.309 e. The van der Waals surface area contributed by atoms with Crippen LogP contribution in [-0.2, 0) is 6.18 Å². The molecule has 1 nitrogen and oxygen atoms in total. The summed E-state index contributed by atoms with van der Waals surface area (Å²) in [5, 5.41) is 3.55. The predicted molar refractivity (Wildman–Crippen MR) is 73.3 cm³/mol. The molecule has 0 aliphatic carbocycles. The fourth-order valence-corrected chi connectivity index (χ4v) is 3.92. The summed E-state index contributed by atoms with van der Waals surface area (Å²) >= 11 is 1.79. The minimum absolute atomic E-state index is 0.0933. The van der Waals surface area contributed by atoms with Crippen molar-refractivity contribution in [3.8, 4) is 0 Å². The van der Waals surface area contributed by atoms with E-state index in [1.807, 2.05) is 6.92 Å². The van der Waals surface area contributed by atoms with E-state index in [9.17, 15) is 17.6 Å². The summed E-state index contributed by atoms with van der Waals surface area (Å²) in [7, 11) is 0. The van der Waals surface area contributed by atoms with E-state index in [1.165, 1.54) is 6.07 Å². The largest absolute Gasteiger partial charge is 0.419 e. The molecular formula is C14H17F4NS. The van der Waals surface area contributed by atoms with E-state index in [0.29, 0.717) is 17.4 Å². The number of benzene rings is 1. The summed E-state index contributed by atoms with van der Waals surface area (Å²) in [5.41, 5.74) is -0.604. The molecule has 1 aromatic carbocycles. The molecule has 1 saturated heterocycles. The van der Waals surface area contributed by atoms with Gasteiger partial charge in [-0.25, -0.2) is 4.39 Å². The van der Waals surface area contributed by atoms with Crippen LogP contribution in [0.2, 0.25) is 0 Å². The normalized spacial score (nSPS) is 21.1. The lowest BCUT2D eigenvalue weighted by Gasteiger charge is -2.24. The van der Waals surface area contributed by atoms with Crippen LogP contribution in [0.15, 0.2) is 18.2 Å². The number of hydrogen-bond donors (Lipinski definition) is 1. The number of thioether (sulfide) groups is 1. The van der Waals surface area contributed by atoms with Crippen molar-refractivity contribution in [3.63, 3.8) is 0 Å². The molecule has 1 fully saturated rings. The van der Waals surface area contributed by atoms with Gasteiger partial charge < -0.3 is 5.32 Å². The zero-order valence-corrected chi connectivity index (χ0v) is 12.0. The first-order valence-electron chi connectivity index (χ1n) is 6.65. The maximum atomic E-state index is 13.7. The average molecular weight is 307 g/mol. The van der Waals surface area contributed by atoms with Crippen LogP contribution >= 0.6 is 11.8 Å². The van der Waals surface area contributed by atoms with Crippen LogP contribution in [0, 0.1) is 5.82 Å². The Hall–Kier alpha value is -0.750. The van der Waals surface area contributed by atoms with Gasteiger partial charge in [0.25, 0.3) is 0 Å². The van der Waals surface area contributed by atoms with Crippen LogP contribution < -0.4 is 5.32 Å². The van der Waals surface area contributed by atoms with Crippen molar-refractivity contribution in [2.75, 3.05) is 12.3 Å². The van der Waals surface area contributed by atoms with Gasteiger partial charge in [-0.1, -0.05) is 13.0 Å². The minimum Gasteiger partial charge on any atom is -0.309 e. The highest BCUT2D eigenvalue weighted by atomic mass is 32.2. The topological polar surface area (TPSA) is 12.0 Å². The van der Waals surface area contributed by atoms with Crippen LogP contribution in [0.25, 0.3) is 0 Å². The molecule has 0 spiro atoms.